The lowest BCUT2D eigenvalue weighted by Crippen LogP contribution is -2.26. The number of hydrogen-bond donors (Lipinski definition) is 1. The molecule has 1 N–H and O–H groups in total. The first-order chi connectivity index (χ1) is 7.68. The van der Waals surface area contributed by atoms with Crippen LogP contribution < -0.4 is 5.32 Å². The van der Waals surface area contributed by atoms with Gasteiger partial charge in [-0.3, -0.25) is 0 Å². The molecule has 0 bridgehead atoms. The molecule has 0 radical (unpaired) electrons. The van der Waals surface area contributed by atoms with Gasteiger partial charge in [-0.25, -0.2) is 0 Å². The lowest BCUT2D eigenvalue weighted by molar-refractivity contribution is 0.281. The molecule has 96 valence electrons. The minimum absolute atomic E-state index is 0.875. The van der Waals surface area contributed by atoms with E-state index in [1.54, 1.807) is 0 Å². The normalized spacial score (nSPS) is 26.2. The Labute approximate surface area is 102 Å². The van der Waals surface area contributed by atoms with Gasteiger partial charge < -0.3 is 5.32 Å². The van der Waals surface area contributed by atoms with Gasteiger partial charge in [-0.1, -0.05) is 46.5 Å². The van der Waals surface area contributed by atoms with Crippen molar-refractivity contribution < 1.29 is 0 Å². The van der Waals surface area contributed by atoms with Crippen molar-refractivity contribution >= 4 is 0 Å². The van der Waals surface area contributed by atoms with E-state index in [0.717, 1.165) is 17.8 Å². The van der Waals surface area contributed by atoms with E-state index in [2.05, 4.69) is 26.1 Å². The third-order valence-corrected chi connectivity index (χ3v) is 3.95. The molecule has 0 saturated heterocycles. The Morgan fingerprint density at radius 2 is 1.75 bits per heavy atom. The maximum atomic E-state index is 3.64. The van der Waals surface area contributed by atoms with E-state index in [1.165, 1.54) is 58.0 Å². The summed E-state index contributed by atoms with van der Waals surface area (Å²) in [6, 6.07) is 0. The highest BCUT2D eigenvalue weighted by molar-refractivity contribution is 4.71. The highest BCUT2D eigenvalue weighted by atomic mass is 14.9. The molecule has 0 aromatic heterocycles. The van der Waals surface area contributed by atoms with Gasteiger partial charge in [0, 0.05) is 0 Å². The first-order valence-corrected chi connectivity index (χ1v) is 7.39. The molecule has 0 heterocycles. The van der Waals surface area contributed by atoms with Gasteiger partial charge in [0.25, 0.3) is 0 Å². The van der Waals surface area contributed by atoms with Crippen LogP contribution in [0.25, 0.3) is 0 Å². The molecule has 0 aromatic rings. The van der Waals surface area contributed by atoms with Gasteiger partial charge in [0.05, 0.1) is 0 Å². The second kappa shape index (κ2) is 8.11. The van der Waals surface area contributed by atoms with Gasteiger partial charge in [0.1, 0.15) is 0 Å². The van der Waals surface area contributed by atoms with Crippen molar-refractivity contribution in [1.82, 2.24) is 5.32 Å². The molecule has 1 heteroatoms. The summed E-state index contributed by atoms with van der Waals surface area (Å²) in [6.07, 6.45) is 9.98. The van der Waals surface area contributed by atoms with E-state index in [1.807, 2.05) is 0 Å². The number of unbranched alkanes of at least 4 members (excludes halogenated alkanes) is 1. The zero-order valence-electron chi connectivity index (χ0n) is 11.6. The van der Waals surface area contributed by atoms with Crippen LogP contribution in [-0.4, -0.2) is 13.1 Å². The van der Waals surface area contributed by atoms with E-state index >= 15 is 0 Å². The SMILES string of the molecule is CC(C)CCCCNCC1CCC(C)CC1. The van der Waals surface area contributed by atoms with E-state index < -0.39 is 0 Å². The summed E-state index contributed by atoms with van der Waals surface area (Å²) in [4.78, 5) is 0. The molecule has 1 fully saturated rings. The molecule has 1 aliphatic rings. The zero-order chi connectivity index (χ0) is 11.8. The van der Waals surface area contributed by atoms with Gasteiger partial charge in [0.15, 0.2) is 0 Å². The summed E-state index contributed by atoms with van der Waals surface area (Å²) < 4.78 is 0. The van der Waals surface area contributed by atoms with Gasteiger partial charge in [-0.2, -0.15) is 0 Å². The van der Waals surface area contributed by atoms with Crippen molar-refractivity contribution in [1.29, 1.82) is 0 Å². The third kappa shape index (κ3) is 6.52. The van der Waals surface area contributed by atoms with Gasteiger partial charge >= 0.3 is 0 Å². The Morgan fingerprint density at radius 1 is 1.06 bits per heavy atom. The fourth-order valence-corrected chi connectivity index (χ4v) is 2.64. The van der Waals surface area contributed by atoms with Crippen LogP contribution >= 0.6 is 0 Å². The van der Waals surface area contributed by atoms with Crippen LogP contribution in [0.4, 0.5) is 0 Å². The topological polar surface area (TPSA) is 12.0 Å². The average molecular weight is 225 g/mol. The smallest absolute Gasteiger partial charge is 0.00205 e. The van der Waals surface area contributed by atoms with Crippen LogP contribution in [0.3, 0.4) is 0 Å². The second-order valence-corrected chi connectivity index (χ2v) is 6.22. The molecule has 0 aliphatic heterocycles. The van der Waals surface area contributed by atoms with Crippen molar-refractivity contribution in [3.05, 3.63) is 0 Å². The molecular formula is C15H31N. The fraction of sp³-hybridized carbons (Fsp3) is 1.00. The fourth-order valence-electron chi connectivity index (χ4n) is 2.64. The molecular weight excluding hydrogens is 194 g/mol. The lowest BCUT2D eigenvalue weighted by atomic mass is 9.83. The van der Waals surface area contributed by atoms with Gasteiger partial charge in [0.2, 0.25) is 0 Å². The monoisotopic (exact) mass is 225 g/mol. The van der Waals surface area contributed by atoms with E-state index in [9.17, 15) is 0 Å². The van der Waals surface area contributed by atoms with E-state index in [-0.39, 0.29) is 0 Å². The molecule has 1 aliphatic carbocycles. The Hall–Kier alpha value is -0.0400. The van der Waals surface area contributed by atoms with Gasteiger partial charge in [-0.15, -0.1) is 0 Å². The molecule has 1 rings (SSSR count). The maximum absolute atomic E-state index is 3.64. The predicted octanol–water partition coefficient (Wildman–Crippen LogP) is 4.23. The van der Waals surface area contributed by atoms with Crippen LogP contribution in [0.1, 0.15) is 65.7 Å². The summed E-state index contributed by atoms with van der Waals surface area (Å²) in [5.41, 5.74) is 0. The van der Waals surface area contributed by atoms with Crippen molar-refractivity contribution in [2.75, 3.05) is 13.1 Å². The standard InChI is InChI=1S/C15H31N/c1-13(2)6-4-5-11-16-12-15-9-7-14(3)8-10-15/h13-16H,4-12H2,1-3H3. The summed E-state index contributed by atoms with van der Waals surface area (Å²) in [7, 11) is 0. The van der Waals surface area contributed by atoms with Crippen molar-refractivity contribution in [2.45, 2.75) is 65.7 Å². The Balaban J connectivity index is 1.87. The Morgan fingerprint density at radius 3 is 2.38 bits per heavy atom. The zero-order valence-corrected chi connectivity index (χ0v) is 11.6. The summed E-state index contributed by atoms with van der Waals surface area (Å²) in [6.45, 7) is 9.54. The highest BCUT2D eigenvalue weighted by Crippen LogP contribution is 2.27. The first kappa shape index (κ1) is 14.0. The molecule has 0 unspecified atom stereocenters. The second-order valence-electron chi connectivity index (χ2n) is 6.22. The van der Waals surface area contributed by atoms with E-state index in [4.69, 9.17) is 0 Å². The van der Waals surface area contributed by atoms with Crippen LogP contribution in [0.15, 0.2) is 0 Å². The number of nitrogens with one attached hydrogen (secondary N) is 1. The average Bonchev–Trinajstić information content (AvgIpc) is 2.25. The van der Waals surface area contributed by atoms with Crippen molar-refractivity contribution in [2.24, 2.45) is 17.8 Å². The molecule has 1 nitrogen and oxygen atoms in total. The summed E-state index contributed by atoms with van der Waals surface area (Å²) in [5.74, 6) is 2.84. The molecule has 0 amide bonds. The Bertz CT molecular complexity index is 157. The number of hydrogen-bond acceptors (Lipinski definition) is 1. The van der Waals surface area contributed by atoms with Crippen LogP contribution in [0.5, 0.6) is 0 Å². The molecule has 0 aromatic carbocycles. The summed E-state index contributed by atoms with van der Waals surface area (Å²) in [5, 5.41) is 3.64. The molecule has 1 saturated carbocycles. The lowest BCUT2D eigenvalue weighted by Gasteiger charge is -2.26. The van der Waals surface area contributed by atoms with Gasteiger partial charge in [-0.05, 0) is 50.1 Å². The Kier molecular flexibility index (Phi) is 7.11. The summed E-state index contributed by atoms with van der Waals surface area (Å²) >= 11 is 0. The molecule has 16 heavy (non-hydrogen) atoms. The largest absolute Gasteiger partial charge is 0.316 e. The minimum Gasteiger partial charge on any atom is -0.316 e. The third-order valence-electron chi connectivity index (χ3n) is 3.95. The predicted molar refractivity (Wildman–Crippen MR) is 72.7 cm³/mol. The van der Waals surface area contributed by atoms with Crippen LogP contribution in [-0.2, 0) is 0 Å². The van der Waals surface area contributed by atoms with Crippen LogP contribution in [0.2, 0.25) is 0 Å². The number of rotatable bonds is 7. The molecule has 0 atom stereocenters. The first-order valence-electron chi connectivity index (χ1n) is 7.39. The minimum atomic E-state index is 0.875. The molecule has 0 spiro atoms. The van der Waals surface area contributed by atoms with Crippen LogP contribution in [0, 0.1) is 17.8 Å². The maximum Gasteiger partial charge on any atom is -0.00205 e. The quantitative estimate of drug-likeness (QED) is 0.639. The highest BCUT2D eigenvalue weighted by Gasteiger charge is 2.17. The van der Waals surface area contributed by atoms with Crippen molar-refractivity contribution in [3.63, 3.8) is 0 Å². The van der Waals surface area contributed by atoms with Crippen molar-refractivity contribution in [3.8, 4) is 0 Å². The van der Waals surface area contributed by atoms with E-state index in [0.29, 0.717) is 0 Å².